The third kappa shape index (κ3) is 5.26. The van der Waals surface area contributed by atoms with Crippen LogP contribution in [0.15, 0.2) is 23.1 Å². The molecular formula is C17H26N4O4S. The predicted octanol–water partition coefficient (Wildman–Crippen LogP) is -0.0582. The number of fused-ring (bicyclic) bond motifs is 1. The number of rotatable bonds is 8. The Kier molecular flexibility index (Phi) is 6.74. The largest absolute Gasteiger partial charge is 0.355 e. The molecule has 0 fully saturated rings. The molecule has 1 aliphatic rings. The van der Waals surface area contributed by atoms with Crippen LogP contribution in [0, 0.1) is 0 Å². The number of nitrogens with zero attached hydrogens (tertiary/aromatic N) is 2. The van der Waals surface area contributed by atoms with E-state index in [4.69, 9.17) is 0 Å². The van der Waals surface area contributed by atoms with Crippen LogP contribution in [0.4, 0.5) is 5.69 Å². The Bertz CT molecular complexity index is 777. The summed E-state index contributed by atoms with van der Waals surface area (Å²) >= 11 is 0. The van der Waals surface area contributed by atoms with Gasteiger partial charge >= 0.3 is 0 Å². The Morgan fingerprint density at radius 3 is 2.65 bits per heavy atom. The Hall–Kier alpha value is -1.97. The fourth-order valence-corrected chi connectivity index (χ4v) is 3.83. The van der Waals surface area contributed by atoms with Crippen molar-refractivity contribution in [2.75, 3.05) is 45.2 Å². The van der Waals surface area contributed by atoms with Crippen LogP contribution >= 0.6 is 0 Å². The van der Waals surface area contributed by atoms with Crippen LogP contribution in [0.25, 0.3) is 0 Å². The molecule has 0 spiro atoms. The SMILES string of the molecule is CC(=O)N1CCc2cc(S(=O)(=O)NCC(=O)NCCCN(C)C)ccc21. The summed E-state index contributed by atoms with van der Waals surface area (Å²) in [6.45, 7) is 3.08. The molecule has 0 aromatic heterocycles. The minimum absolute atomic E-state index is 0.0663. The first-order valence-electron chi connectivity index (χ1n) is 8.53. The van der Waals surface area contributed by atoms with Gasteiger partial charge in [0.25, 0.3) is 0 Å². The van der Waals surface area contributed by atoms with Crippen molar-refractivity contribution in [3.8, 4) is 0 Å². The zero-order chi connectivity index (χ0) is 19.3. The Morgan fingerprint density at radius 1 is 1.27 bits per heavy atom. The maximum Gasteiger partial charge on any atom is 0.241 e. The van der Waals surface area contributed by atoms with Crippen molar-refractivity contribution in [2.24, 2.45) is 0 Å². The average molecular weight is 382 g/mol. The van der Waals surface area contributed by atoms with E-state index in [1.807, 2.05) is 19.0 Å². The van der Waals surface area contributed by atoms with Gasteiger partial charge in [-0.2, -0.15) is 0 Å². The summed E-state index contributed by atoms with van der Waals surface area (Å²) in [5.41, 5.74) is 1.56. The molecule has 8 nitrogen and oxygen atoms in total. The molecule has 2 amide bonds. The summed E-state index contributed by atoms with van der Waals surface area (Å²) < 4.78 is 27.1. The molecule has 0 saturated carbocycles. The molecule has 144 valence electrons. The summed E-state index contributed by atoms with van der Waals surface area (Å²) in [4.78, 5) is 27.1. The van der Waals surface area contributed by atoms with Gasteiger partial charge in [-0.3, -0.25) is 9.59 Å². The number of carbonyl (C=O) groups is 2. The van der Waals surface area contributed by atoms with Crippen molar-refractivity contribution in [2.45, 2.75) is 24.7 Å². The Balaban J connectivity index is 1.92. The lowest BCUT2D eigenvalue weighted by molar-refractivity contribution is -0.120. The van der Waals surface area contributed by atoms with Gasteiger partial charge in [0.1, 0.15) is 0 Å². The summed E-state index contributed by atoms with van der Waals surface area (Å²) in [5, 5.41) is 2.69. The first-order chi connectivity index (χ1) is 12.2. The van der Waals surface area contributed by atoms with E-state index in [1.165, 1.54) is 13.0 Å². The fourth-order valence-electron chi connectivity index (χ4n) is 2.80. The lowest BCUT2D eigenvalue weighted by atomic mass is 10.2. The molecule has 26 heavy (non-hydrogen) atoms. The van der Waals surface area contributed by atoms with Gasteiger partial charge in [0, 0.05) is 25.7 Å². The summed E-state index contributed by atoms with van der Waals surface area (Å²) in [6.07, 6.45) is 1.41. The van der Waals surface area contributed by atoms with E-state index in [1.54, 1.807) is 17.0 Å². The summed E-state index contributed by atoms with van der Waals surface area (Å²) in [5.74, 6) is -0.431. The van der Waals surface area contributed by atoms with E-state index in [9.17, 15) is 18.0 Å². The average Bonchev–Trinajstić information content (AvgIpc) is 3.00. The lowest BCUT2D eigenvalue weighted by Crippen LogP contribution is -2.37. The van der Waals surface area contributed by atoms with Crippen molar-refractivity contribution >= 4 is 27.5 Å². The predicted molar refractivity (Wildman–Crippen MR) is 99.5 cm³/mol. The van der Waals surface area contributed by atoms with Crippen LogP contribution in [-0.2, 0) is 26.0 Å². The topological polar surface area (TPSA) is 98.8 Å². The minimum Gasteiger partial charge on any atom is -0.355 e. The normalized spacial score (nSPS) is 13.8. The number of carbonyl (C=O) groups excluding carboxylic acids is 2. The second-order valence-electron chi connectivity index (χ2n) is 6.54. The smallest absolute Gasteiger partial charge is 0.241 e. The van der Waals surface area contributed by atoms with Gasteiger partial charge in [-0.1, -0.05) is 0 Å². The van der Waals surface area contributed by atoms with E-state index in [2.05, 4.69) is 10.0 Å². The second-order valence-corrected chi connectivity index (χ2v) is 8.31. The van der Waals surface area contributed by atoms with Crippen molar-refractivity contribution in [3.05, 3.63) is 23.8 Å². The van der Waals surface area contributed by atoms with Gasteiger partial charge in [-0.05, 0) is 57.2 Å². The van der Waals surface area contributed by atoms with Gasteiger partial charge in [0.05, 0.1) is 11.4 Å². The number of nitrogens with one attached hydrogen (secondary N) is 2. The monoisotopic (exact) mass is 382 g/mol. The molecule has 0 unspecified atom stereocenters. The number of sulfonamides is 1. The van der Waals surface area contributed by atoms with E-state index in [-0.39, 0.29) is 23.3 Å². The minimum atomic E-state index is -3.78. The zero-order valence-electron chi connectivity index (χ0n) is 15.4. The summed E-state index contributed by atoms with van der Waals surface area (Å²) in [6, 6.07) is 4.66. The Morgan fingerprint density at radius 2 is 2.00 bits per heavy atom. The highest BCUT2D eigenvalue weighted by Gasteiger charge is 2.24. The number of benzene rings is 1. The number of amides is 2. The standard InChI is InChI=1S/C17H26N4O4S/c1-13(22)21-10-7-14-11-15(5-6-16(14)21)26(24,25)19-12-17(23)18-8-4-9-20(2)3/h5-6,11,19H,4,7-10,12H2,1-3H3,(H,18,23). The molecule has 9 heteroatoms. The molecule has 0 aliphatic carbocycles. The van der Waals surface area contributed by atoms with Crippen LogP contribution < -0.4 is 14.9 Å². The molecule has 2 rings (SSSR count). The molecule has 0 radical (unpaired) electrons. The molecule has 0 saturated heterocycles. The number of hydrogen-bond donors (Lipinski definition) is 2. The van der Waals surface area contributed by atoms with E-state index in [0.717, 1.165) is 24.2 Å². The van der Waals surface area contributed by atoms with Crippen LogP contribution in [0.5, 0.6) is 0 Å². The number of anilines is 1. The quantitative estimate of drug-likeness (QED) is 0.614. The van der Waals surface area contributed by atoms with Crippen molar-refractivity contribution in [3.63, 3.8) is 0 Å². The van der Waals surface area contributed by atoms with Gasteiger partial charge < -0.3 is 15.1 Å². The zero-order valence-corrected chi connectivity index (χ0v) is 16.2. The van der Waals surface area contributed by atoms with Crippen LogP contribution in [0.3, 0.4) is 0 Å². The summed E-state index contributed by atoms with van der Waals surface area (Å²) in [7, 11) is 0.112. The first-order valence-corrected chi connectivity index (χ1v) is 10.0. The molecule has 1 aliphatic heterocycles. The molecule has 1 aromatic rings. The first kappa shape index (κ1) is 20.3. The lowest BCUT2D eigenvalue weighted by Gasteiger charge is -2.15. The molecule has 0 bridgehead atoms. The van der Waals surface area contributed by atoms with Gasteiger partial charge in [0.15, 0.2) is 0 Å². The van der Waals surface area contributed by atoms with E-state index >= 15 is 0 Å². The van der Waals surface area contributed by atoms with Gasteiger partial charge in [-0.15, -0.1) is 0 Å². The molecule has 0 atom stereocenters. The fraction of sp³-hybridized carbons (Fsp3) is 0.529. The molecule has 1 aromatic carbocycles. The highest BCUT2D eigenvalue weighted by Crippen LogP contribution is 2.30. The van der Waals surface area contributed by atoms with Gasteiger partial charge in [-0.25, -0.2) is 13.1 Å². The molecular weight excluding hydrogens is 356 g/mol. The third-order valence-electron chi connectivity index (χ3n) is 4.16. The highest BCUT2D eigenvalue weighted by molar-refractivity contribution is 7.89. The second kappa shape index (κ2) is 8.61. The van der Waals surface area contributed by atoms with Crippen molar-refractivity contribution in [1.29, 1.82) is 0 Å². The molecule has 1 heterocycles. The van der Waals surface area contributed by atoms with Gasteiger partial charge in [0.2, 0.25) is 21.8 Å². The van der Waals surface area contributed by atoms with E-state index < -0.39 is 10.0 Å². The van der Waals surface area contributed by atoms with Crippen LogP contribution in [-0.4, -0.2) is 65.4 Å². The van der Waals surface area contributed by atoms with Crippen LogP contribution in [0.1, 0.15) is 18.9 Å². The van der Waals surface area contributed by atoms with E-state index in [0.29, 0.717) is 19.5 Å². The maximum absolute atomic E-state index is 12.4. The third-order valence-corrected chi connectivity index (χ3v) is 5.56. The highest BCUT2D eigenvalue weighted by atomic mass is 32.2. The number of hydrogen-bond acceptors (Lipinski definition) is 5. The Labute approximate surface area is 154 Å². The van der Waals surface area contributed by atoms with Crippen molar-refractivity contribution in [1.82, 2.24) is 14.9 Å². The molecule has 2 N–H and O–H groups in total. The maximum atomic E-state index is 12.4. The van der Waals surface area contributed by atoms with Crippen molar-refractivity contribution < 1.29 is 18.0 Å². The van der Waals surface area contributed by atoms with Crippen LogP contribution in [0.2, 0.25) is 0 Å².